The van der Waals surface area contributed by atoms with Crippen LogP contribution in [0.2, 0.25) is 0 Å². The Bertz CT molecular complexity index is 374. The van der Waals surface area contributed by atoms with Crippen molar-refractivity contribution in [3.05, 3.63) is 0 Å². The quantitative estimate of drug-likeness (QED) is 0.122. The molecule has 0 aromatic heterocycles. The van der Waals surface area contributed by atoms with Gasteiger partial charge in [0.2, 0.25) is 0 Å². The predicted molar refractivity (Wildman–Crippen MR) is 117 cm³/mol. The summed E-state index contributed by atoms with van der Waals surface area (Å²) in [4.78, 5) is 23.7. The Morgan fingerprint density at radius 3 is 1.57 bits per heavy atom. The summed E-state index contributed by atoms with van der Waals surface area (Å²) in [5, 5.41) is 0. The summed E-state index contributed by atoms with van der Waals surface area (Å²) >= 11 is 5.85. The highest BCUT2D eigenvalue weighted by Gasteiger charge is 2.15. The molecule has 0 aromatic carbocycles. The molecule has 28 heavy (non-hydrogen) atoms. The fourth-order valence-corrected chi connectivity index (χ4v) is 3.22. The lowest BCUT2D eigenvalue weighted by Crippen LogP contribution is -2.26. The minimum atomic E-state index is -0.545. The third kappa shape index (κ3) is 18.6. The first-order valence-electron chi connectivity index (χ1n) is 11.5. The van der Waals surface area contributed by atoms with Crippen molar-refractivity contribution in [2.45, 2.75) is 123 Å². The molecule has 0 fully saturated rings. The van der Waals surface area contributed by atoms with Crippen LogP contribution in [-0.2, 0) is 19.1 Å². The molecule has 0 rings (SSSR count). The largest absolute Gasteiger partial charge is 0.462 e. The second kappa shape index (κ2) is 21.0. The molecule has 0 spiro atoms. The molecule has 0 saturated carbocycles. The molecule has 0 aliphatic rings. The van der Waals surface area contributed by atoms with Gasteiger partial charge in [0, 0.05) is 12.8 Å². The lowest BCUT2D eigenvalue weighted by Gasteiger charge is -2.15. The van der Waals surface area contributed by atoms with Crippen molar-refractivity contribution in [3.63, 3.8) is 0 Å². The van der Waals surface area contributed by atoms with Crippen LogP contribution < -0.4 is 0 Å². The number of esters is 2. The van der Waals surface area contributed by atoms with Gasteiger partial charge in [0.25, 0.3) is 0 Å². The second-order valence-corrected chi connectivity index (χ2v) is 8.00. The first-order chi connectivity index (χ1) is 13.6. The van der Waals surface area contributed by atoms with E-state index in [0.717, 1.165) is 25.7 Å². The molecule has 1 unspecified atom stereocenters. The van der Waals surface area contributed by atoms with Crippen LogP contribution in [0.4, 0.5) is 0 Å². The standard InChI is InChI=1S/C23H43ClO4/c1-3-5-7-9-11-13-15-17-22(25)27-20-21(19-24)28-23(26)18-16-14-12-10-8-6-4-2/h21H,3-20H2,1-2H3. The first-order valence-corrected chi connectivity index (χ1v) is 12.1. The molecule has 0 heterocycles. The van der Waals surface area contributed by atoms with Gasteiger partial charge in [-0.15, -0.1) is 11.6 Å². The van der Waals surface area contributed by atoms with Gasteiger partial charge in [0.15, 0.2) is 0 Å². The van der Waals surface area contributed by atoms with Gasteiger partial charge < -0.3 is 9.47 Å². The zero-order valence-electron chi connectivity index (χ0n) is 18.3. The molecule has 0 bridgehead atoms. The number of hydrogen-bond donors (Lipinski definition) is 0. The van der Waals surface area contributed by atoms with Crippen LogP contribution in [0.25, 0.3) is 0 Å². The highest BCUT2D eigenvalue weighted by Crippen LogP contribution is 2.11. The lowest BCUT2D eigenvalue weighted by molar-refractivity contribution is -0.157. The average Bonchev–Trinajstić information content (AvgIpc) is 2.69. The molecule has 0 aromatic rings. The predicted octanol–water partition coefficient (Wildman–Crippen LogP) is 6.96. The van der Waals surface area contributed by atoms with Gasteiger partial charge in [0.1, 0.15) is 12.7 Å². The van der Waals surface area contributed by atoms with Gasteiger partial charge in [-0.25, -0.2) is 0 Å². The maximum Gasteiger partial charge on any atom is 0.306 e. The van der Waals surface area contributed by atoms with E-state index >= 15 is 0 Å². The number of rotatable bonds is 20. The zero-order chi connectivity index (χ0) is 20.9. The van der Waals surface area contributed by atoms with Gasteiger partial charge in [-0.1, -0.05) is 90.9 Å². The van der Waals surface area contributed by atoms with Crippen molar-refractivity contribution < 1.29 is 19.1 Å². The van der Waals surface area contributed by atoms with Crippen LogP contribution in [0, 0.1) is 0 Å². The highest BCUT2D eigenvalue weighted by molar-refractivity contribution is 6.18. The smallest absolute Gasteiger partial charge is 0.306 e. The maximum absolute atomic E-state index is 11.9. The van der Waals surface area contributed by atoms with E-state index in [2.05, 4.69) is 13.8 Å². The van der Waals surface area contributed by atoms with Crippen LogP contribution >= 0.6 is 11.6 Å². The van der Waals surface area contributed by atoms with E-state index in [-0.39, 0.29) is 24.4 Å². The summed E-state index contributed by atoms with van der Waals surface area (Å²) in [7, 11) is 0. The van der Waals surface area contributed by atoms with Gasteiger partial charge in [-0.2, -0.15) is 0 Å². The summed E-state index contributed by atoms with van der Waals surface area (Å²) in [6.45, 7) is 4.47. The van der Waals surface area contributed by atoms with Crippen molar-refractivity contribution in [1.82, 2.24) is 0 Å². The summed E-state index contributed by atoms with van der Waals surface area (Å²) < 4.78 is 10.5. The van der Waals surface area contributed by atoms with Crippen LogP contribution in [0.15, 0.2) is 0 Å². The van der Waals surface area contributed by atoms with Crippen molar-refractivity contribution in [2.24, 2.45) is 0 Å². The van der Waals surface area contributed by atoms with Crippen LogP contribution in [0.1, 0.15) is 117 Å². The Labute approximate surface area is 178 Å². The van der Waals surface area contributed by atoms with Gasteiger partial charge in [-0.3, -0.25) is 9.59 Å². The molecule has 0 radical (unpaired) electrons. The van der Waals surface area contributed by atoms with Crippen molar-refractivity contribution in [1.29, 1.82) is 0 Å². The van der Waals surface area contributed by atoms with E-state index in [9.17, 15) is 9.59 Å². The normalized spacial score (nSPS) is 12.0. The Kier molecular flexibility index (Phi) is 20.4. The van der Waals surface area contributed by atoms with Crippen LogP contribution in [-0.4, -0.2) is 30.5 Å². The number of carbonyl (C=O) groups excluding carboxylic acids is 2. The Morgan fingerprint density at radius 2 is 1.11 bits per heavy atom. The SMILES string of the molecule is CCCCCCCCCC(=O)OCC(CCl)OC(=O)CCCCCCCCC. The number of alkyl halides is 1. The molecule has 4 nitrogen and oxygen atoms in total. The first kappa shape index (κ1) is 27.2. The number of halogens is 1. The fraction of sp³-hybridized carbons (Fsp3) is 0.913. The van der Waals surface area contributed by atoms with Gasteiger partial charge in [-0.05, 0) is 12.8 Å². The van der Waals surface area contributed by atoms with Gasteiger partial charge >= 0.3 is 11.9 Å². The van der Waals surface area contributed by atoms with E-state index in [4.69, 9.17) is 21.1 Å². The maximum atomic E-state index is 11.9. The molecular weight excluding hydrogens is 376 g/mol. The number of unbranched alkanes of at least 4 members (excludes halogenated alkanes) is 12. The Morgan fingerprint density at radius 1 is 0.679 bits per heavy atom. The third-order valence-corrected chi connectivity index (χ3v) is 5.21. The van der Waals surface area contributed by atoms with E-state index in [1.165, 1.54) is 64.2 Å². The zero-order valence-corrected chi connectivity index (χ0v) is 19.1. The number of hydrogen-bond acceptors (Lipinski definition) is 4. The Balaban J connectivity index is 3.67. The summed E-state index contributed by atoms with van der Waals surface area (Å²) in [5.74, 6) is -0.331. The fourth-order valence-electron chi connectivity index (χ4n) is 3.07. The van der Waals surface area contributed by atoms with E-state index in [1.807, 2.05) is 0 Å². The van der Waals surface area contributed by atoms with Crippen molar-refractivity contribution in [2.75, 3.05) is 12.5 Å². The molecule has 0 saturated heterocycles. The highest BCUT2D eigenvalue weighted by atomic mass is 35.5. The van der Waals surface area contributed by atoms with E-state index < -0.39 is 6.10 Å². The minimum Gasteiger partial charge on any atom is -0.462 e. The summed E-state index contributed by atoms with van der Waals surface area (Å²) in [6.07, 6.45) is 16.6. The van der Waals surface area contributed by atoms with Crippen LogP contribution in [0.5, 0.6) is 0 Å². The molecule has 0 amide bonds. The van der Waals surface area contributed by atoms with Gasteiger partial charge in [0.05, 0.1) is 5.88 Å². The molecular formula is C23H43ClO4. The molecule has 5 heteroatoms. The third-order valence-electron chi connectivity index (χ3n) is 4.87. The molecule has 0 N–H and O–H groups in total. The summed E-state index contributed by atoms with van der Waals surface area (Å²) in [6, 6.07) is 0. The monoisotopic (exact) mass is 418 g/mol. The molecule has 1 atom stereocenters. The van der Waals surface area contributed by atoms with Crippen molar-refractivity contribution in [3.8, 4) is 0 Å². The molecule has 0 aliphatic heterocycles. The lowest BCUT2D eigenvalue weighted by atomic mass is 10.1. The van der Waals surface area contributed by atoms with E-state index in [1.54, 1.807) is 0 Å². The van der Waals surface area contributed by atoms with Crippen molar-refractivity contribution >= 4 is 23.5 Å². The number of ether oxygens (including phenoxy) is 2. The minimum absolute atomic E-state index is 0.0571. The second-order valence-electron chi connectivity index (χ2n) is 7.69. The molecule has 0 aliphatic carbocycles. The Hall–Kier alpha value is -0.770. The van der Waals surface area contributed by atoms with E-state index in [0.29, 0.717) is 12.8 Å². The topological polar surface area (TPSA) is 52.6 Å². The summed E-state index contributed by atoms with van der Waals surface area (Å²) in [5.41, 5.74) is 0. The number of carbonyl (C=O) groups is 2. The van der Waals surface area contributed by atoms with Crippen LogP contribution in [0.3, 0.4) is 0 Å². The molecule has 166 valence electrons. The average molecular weight is 419 g/mol.